The third-order valence-corrected chi connectivity index (χ3v) is 3.02. The molecule has 1 N–H and O–H groups in total. The van der Waals surface area contributed by atoms with E-state index in [2.05, 4.69) is 5.32 Å². The Morgan fingerprint density at radius 3 is 2.79 bits per heavy atom. The molecule has 0 aromatic heterocycles. The van der Waals surface area contributed by atoms with Crippen molar-refractivity contribution in [2.24, 2.45) is 0 Å². The van der Waals surface area contributed by atoms with Gasteiger partial charge in [0.15, 0.2) is 6.10 Å². The van der Waals surface area contributed by atoms with E-state index in [4.69, 9.17) is 16.3 Å². The van der Waals surface area contributed by atoms with Crippen LogP contribution < -0.4 is 10.1 Å². The summed E-state index contributed by atoms with van der Waals surface area (Å²) in [6, 6.07) is 4.13. The fraction of sp³-hybridized carbons (Fsp3) is 0.417. The third-order valence-electron chi connectivity index (χ3n) is 2.72. The molecule has 1 aromatic rings. The van der Waals surface area contributed by atoms with Crippen molar-refractivity contribution in [2.75, 3.05) is 0 Å². The minimum absolute atomic E-state index is 0.111. The Morgan fingerprint density at radius 1 is 1.58 bits per heavy atom. The van der Waals surface area contributed by atoms with Crippen LogP contribution in [0.2, 0.25) is 5.02 Å². The highest BCUT2D eigenvalue weighted by atomic mass is 35.5. The highest BCUT2D eigenvalue weighted by Gasteiger charge is 2.26. The summed E-state index contributed by atoms with van der Waals surface area (Å²) in [7, 11) is 0. The predicted molar refractivity (Wildman–Crippen MR) is 69.4 cm³/mol. The van der Waals surface area contributed by atoms with Crippen molar-refractivity contribution in [1.82, 2.24) is 5.32 Å². The Morgan fingerprint density at radius 2 is 2.26 bits per heavy atom. The molecule has 102 valence electrons. The first-order valence-electron chi connectivity index (χ1n) is 5.88. The van der Waals surface area contributed by atoms with Crippen LogP contribution in [0.15, 0.2) is 18.2 Å². The lowest BCUT2D eigenvalue weighted by Crippen LogP contribution is -2.37. The molecule has 1 aliphatic carbocycles. The molecule has 0 saturated heterocycles. The van der Waals surface area contributed by atoms with Gasteiger partial charge >= 0.3 is 0 Å². The normalized spacial score (nSPS) is 15.7. The average Bonchev–Trinajstić information content (AvgIpc) is 3.15. The number of nitrogens with one attached hydrogen (secondary N) is 1. The van der Waals surface area contributed by atoms with Crippen molar-refractivity contribution in [3.63, 3.8) is 0 Å². The maximum absolute atomic E-state index is 11.7. The largest absolute Gasteiger partial charge is 0.479 e. The van der Waals surface area contributed by atoms with Gasteiger partial charge in [0.1, 0.15) is 5.75 Å². The van der Waals surface area contributed by atoms with Crippen LogP contribution in [0.25, 0.3) is 0 Å². The second-order valence-corrected chi connectivity index (χ2v) is 4.82. The Bertz CT molecular complexity index is 516. The number of nitro benzene ring substituents is 1. The molecular formula is C12H13ClN2O4. The molecule has 0 bridgehead atoms. The summed E-state index contributed by atoms with van der Waals surface area (Å²) >= 11 is 5.88. The fourth-order valence-corrected chi connectivity index (χ4v) is 1.71. The number of rotatable bonds is 5. The van der Waals surface area contributed by atoms with Crippen LogP contribution in [-0.2, 0) is 4.79 Å². The summed E-state index contributed by atoms with van der Waals surface area (Å²) < 4.78 is 5.40. The van der Waals surface area contributed by atoms with Crippen LogP contribution in [0.3, 0.4) is 0 Å². The van der Waals surface area contributed by atoms with E-state index in [0.29, 0.717) is 0 Å². The van der Waals surface area contributed by atoms with Crippen LogP contribution >= 0.6 is 11.6 Å². The molecule has 1 aliphatic rings. The topological polar surface area (TPSA) is 81.5 Å². The van der Waals surface area contributed by atoms with Crippen molar-refractivity contribution < 1.29 is 14.5 Å². The number of carbonyl (C=O) groups excluding carboxylic acids is 1. The average molecular weight is 285 g/mol. The van der Waals surface area contributed by atoms with Crippen molar-refractivity contribution in [1.29, 1.82) is 0 Å². The van der Waals surface area contributed by atoms with Crippen molar-refractivity contribution >= 4 is 23.2 Å². The third kappa shape index (κ3) is 3.57. The molecule has 1 fully saturated rings. The highest BCUT2D eigenvalue weighted by Crippen LogP contribution is 2.29. The van der Waals surface area contributed by atoms with Gasteiger partial charge in [-0.3, -0.25) is 14.9 Å². The lowest BCUT2D eigenvalue weighted by atomic mass is 10.3. The molecule has 1 saturated carbocycles. The Balaban J connectivity index is 2.01. The number of non-ortho nitro benzene ring substituents is 1. The molecule has 7 heteroatoms. The summed E-state index contributed by atoms with van der Waals surface area (Å²) in [6.07, 6.45) is 1.30. The standard InChI is InChI=1S/C12H13ClN2O4/c1-7(12(16)14-8-2-3-8)19-11-5-4-9(15(17)18)6-10(11)13/h4-8H,2-3H2,1H3,(H,14,16)/t7-/m0/s1. The van der Waals surface area contributed by atoms with Crippen LogP contribution in [0.4, 0.5) is 5.69 Å². The number of halogens is 1. The van der Waals surface area contributed by atoms with Gasteiger partial charge in [0, 0.05) is 18.2 Å². The summed E-state index contributed by atoms with van der Waals surface area (Å²) in [4.78, 5) is 21.7. The van der Waals surface area contributed by atoms with Gasteiger partial charge in [-0.25, -0.2) is 0 Å². The van der Waals surface area contributed by atoms with Crippen LogP contribution in [0.5, 0.6) is 5.75 Å². The van der Waals surface area contributed by atoms with Crippen molar-refractivity contribution in [3.8, 4) is 5.75 Å². The Hall–Kier alpha value is -1.82. The van der Waals surface area contributed by atoms with Gasteiger partial charge in [-0.2, -0.15) is 0 Å². The van der Waals surface area contributed by atoms with Gasteiger partial charge in [0.05, 0.1) is 9.95 Å². The second kappa shape index (κ2) is 5.44. The zero-order valence-electron chi connectivity index (χ0n) is 10.3. The van der Waals surface area contributed by atoms with Crippen LogP contribution in [-0.4, -0.2) is 23.0 Å². The first-order valence-corrected chi connectivity index (χ1v) is 6.26. The monoisotopic (exact) mass is 284 g/mol. The lowest BCUT2D eigenvalue weighted by molar-refractivity contribution is -0.384. The fourth-order valence-electron chi connectivity index (χ4n) is 1.49. The summed E-state index contributed by atoms with van der Waals surface area (Å²) in [5.41, 5.74) is -0.118. The number of nitrogens with zero attached hydrogens (tertiary/aromatic N) is 1. The smallest absolute Gasteiger partial charge is 0.271 e. The second-order valence-electron chi connectivity index (χ2n) is 4.41. The van der Waals surface area contributed by atoms with Crippen molar-refractivity contribution in [2.45, 2.75) is 31.9 Å². The molecule has 0 heterocycles. The van der Waals surface area contributed by atoms with E-state index in [1.54, 1.807) is 6.92 Å². The molecule has 2 rings (SSSR count). The molecule has 1 amide bonds. The molecule has 0 aliphatic heterocycles. The predicted octanol–water partition coefficient (Wildman–Crippen LogP) is 2.29. The molecule has 1 atom stereocenters. The number of carbonyl (C=O) groups is 1. The summed E-state index contributed by atoms with van der Waals surface area (Å²) in [5, 5.41) is 13.5. The van der Waals surface area contributed by atoms with E-state index in [9.17, 15) is 14.9 Å². The maximum atomic E-state index is 11.7. The van der Waals surface area contributed by atoms with E-state index >= 15 is 0 Å². The summed E-state index contributed by atoms with van der Waals surface area (Å²) in [6.45, 7) is 1.61. The van der Waals surface area contributed by atoms with Crippen LogP contribution in [0.1, 0.15) is 19.8 Å². The minimum Gasteiger partial charge on any atom is -0.479 e. The molecule has 1 aromatic carbocycles. The number of benzene rings is 1. The van der Waals surface area contributed by atoms with Gasteiger partial charge in [-0.1, -0.05) is 11.6 Å². The number of hydrogen-bond acceptors (Lipinski definition) is 4. The molecule has 0 unspecified atom stereocenters. The first kappa shape index (κ1) is 13.6. The Kier molecular flexibility index (Phi) is 3.90. The zero-order valence-corrected chi connectivity index (χ0v) is 11.0. The molecule has 0 spiro atoms. The number of hydrogen-bond donors (Lipinski definition) is 1. The molecule has 6 nitrogen and oxygen atoms in total. The van der Waals surface area contributed by atoms with Gasteiger partial charge in [0.25, 0.3) is 11.6 Å². The number of amides is 1. The van der Waals surface area contributed by atoms with E-state index in [-0.39, 0.29) is 28.4 Å². The SMILES string of the molecule is C[C@H](Oc1ccc([N+](=O)[O-])cc1Cl)C(=O)NC1CC1. The Labute approximate surface area is 114 Å². The van der Waals surface area contributed by atoms with E-state index in [1.165, 1.54) is 18.2 Å². The van der Waals surface area contributed by atoms with E-state index in [1.807, 2.05) is 0 Å². The van der Waals surface area contributed by atoms with E-state index in [0.717, 1.165) is 12.8 Å². The van der Waals surface area contributed by atoms with Gasteiger partial charge in [-0.05, 0) is 25.8 Å². The highest BCUT2D eigenvalue weighted by molar-refractivity contribution is 6.32. The maximum Gasteiger partial charge on any atom is 0.271 e. The molecule has 19 heavy (non-hydrogen) atoms. The van der Waals surface area contributed by atoms with Crippen molar-refractivity contribution in [3.05, 3.63) is 33.3 Å². The quantitative estimate of drug-likeness (QED) is 0.664. The first-order chi connectivity index (χ1) is 8.97. The van der Waals surface area contributed by atoms with Crippen LogP contribution in [0, 0.1) is 10.1 Å². The zero-order chi connectivity index (χ0) is 14.0. The lowest BCUT2D eigenvalue weighted by Gasteiger charge is -2.15. The molecular weight excluding hydrogens is 272 g/mol. The van der Waals surface area contributed by atoms with Gasteiger partial charge in [-0.15, -0.1) is 0 Å². The van der Waals surface area contributed by atoms with Gasteiger partial charge in [0.2, 0.25) is 0 Å². The number of nitro groups is 1. The minimum atomic E-state index is -0.695. The molecule has 0 radical (unpaired) electrons. The number of ether oxygens (including phenoxy) is 1. The summed E-state index contributed by atoms with van der Waals surface area (Å²) in [5.74, 6) is 0.0441. The van der Waals surface area contributed by atoms with E-state index < -0.39 is 11.0 Å². The van der Waals surface area contributed by atoms with Gasteiger partial charge < -0.3 is 10.1 Å².